The molecular formula is C25H26ClFN4O5S. The van der Waals surface area contributed by atoms with Gasteiger partial charge in [0.05, 0.1) is 20.9 Å². The number of amides is 1. The van der Waals surface area contributed by atoms with Crippen LogP contribution in [0.2, 0.25) is 5.02 Å². The number of anilines is 2. The molecule has 1 aromatic heterocycles. The van der Waals surface area contributed by atoms with Crippen LogP contribution in [0, 0.1) is 17.7 Å². The fraction of sp³-hybridized carbons (Fsp3) is 0.360. The molecule has 6 N–H and O–H groups in total. The molecule has 37 heavy (non-hydrogen) atoms. The zero-order valence-electron chi connectivity index (χ0n) is 19.6. The molecule has 9 nitrogen and oxygen atoms in total. The lowest BCUT2D eigenvalue weighted by Crippen LogP contribution is -2.52. The van der Waals surface area contributed by atoms with E-state index in [-0.39, 0.29) is 45.5 Å². The number of halogens is 2. The van der Waals surface area contributed by atoms with Gasteiger partial charge in [-0.25, -0.2) is 17.8 Å². The van der Waals surface area contributed by atoms with Gasteiger partial charge in [-0.3, -0.25) is 4.79 Å². The number of H-pyrrole nitrogens is 1. The molecule has 3 aromatic rings. The molecule has 2 aliphatic carbocycles. The van der Waals surface area contributed by atoms with Gasteiger partial charge in [-0.2, -0.15) is 0 Å². The number of nitrogens with zero attached hydrogens (tertiary/aromatic N) is 1. The number of sulfone groups is 1. The van der Waals surface area contributed by atoms with Gasteiger partial charge in [0, 0.05) is 23.6 Å². The normalized spacial score (nSPS) is 26.1. The maximum absolute atomic E-state index is 13.7. The van der Waals surface area contributed by atoms with Crippen molar-refractivity contribution in [2.75, 3.05) is 11.1 Å². The zero-order chi connectivity index (χ0) is 26.5. The molecule has 0 radical (unpaired) electrons. The van der Waals surface area contributed by atoms with Gasteiger partial charge in [0.1, 0.15) is 23.3 Å². The monoisotopic (exact) mass is 548 g/mol. The number of fused-ring (bicyclic) bond motifs is 2. The van der Waals surface area contributed by atoms with E-state index in [1.807, 2.05) is 0 Å². The average molecular weight is 549 g/mol. The third-order valence-electron chi connectivity index (χ3n) is 7.68. The second-order valence-electron chi connectivity index (χ2n) is 9.71. The maximum atomic E-state index is 13.7. The van der Waals surface area contributed by atoms with Crippen LogP contribution in [0.3, 0.4) is 0 Å². The Morgan fingerprint density at radius 1 is 1.22 bits per heavy atom. The highest BCUT2D eigenvalue weighted by atomic mass is 35.5. The second kappa shape index (κ2) is 9.39. The van der Waals surface area contributed by atoms with Crippen LogP contribution in [-0.4, -0.2) is 45.4 Å². The Labute approximate surface area is 217 Å². The third-order valence-corrected chi connectivity index (χ3v) is 10.3. The molecule has 0 aliphatic heterocycles. The van der Waals surface area contributed by atoms with E-state index in [0.29, 0.717) is 12.8 Å². The largest absolute Gasteiger partial charge is 0.396 e. The van der Waals surface area contributed by atoms with Gasteiger partial charge < -0.3 is 26.2 Å². The van der Waals surface area contributed by atoms with Crippen molar-refractivity contribution in [2.45, 2.75) is 47.5 Å². The number of aliphatic hydroxyl groups is 2. The molecular weight excluding hydrogens is 523 g/mol. The molecule has 1 heterocycles. The minimum Gasteiger partial charge on any atom is -0.396 e. The number of hydrogen-bond acceptors (Lipinski definition) is 7. The number of nitrogens with one attached hydrogen (secondary N) is 2. The van der Waals surface area contributed by atoms with Crippen molar-refractivity contribution in [1.82, 2.24) is 9.97 Å². The summed E-state index contributed by atoms with van der Waals surface area (Å²) in [5, 5.41) is 24.1. The van der Waals surface area contributed by atoms with E-state index >= 15 is 0 Å². The number of aliphatic hydroxyl groups excluding tert-OH is 1. The number of nitrogen functional groups attached to an aromatic ring is 1. The summed E-state index contributed by atoms with van der Waals surface area (Å²) >= 11 is 6.29. The Bertz CT molecular complexity index is 1440. The van der Waals surface area contributed by atoms with Crippen LogP contribution in [0.4, 0.5) is 15.8 Å². The summed E-state index contributed by atoms with van der Waals surface area (Å²) in [6.45, 7) is 0. The number of benzene rings is 2. The number of aromatic nitrogens is 2. The van der Waals surface area contributed by atoms with Gasteiger partial charge >= 0.3 is 0 Å². The smallest absolute Gasteiger partial charge is 0.255 e. The lowest BCUT2D eigenvalue weighted by Gasteiger charge is -2.44. The van der Waals surface area contributed by atoms with E-state index < -0.39 is 50.4 Å². The molecule has 5 rings (SSSR count). The summed E-state index contributed by atoms with van der Waals surface area (Å²) in [5.41, 5.74) is 4.22. The highest BCUT2D eigenvalue weighted by molar-refractivity contribution is 7.92. The first-order chi connectivity index (χ1) is 17.5. The van der Waals surface area contributed by atoms with Gasteiger partial charge in [-0.05, 0) is 73.9 Å². The van der Waals surface area contributed by atoms with Crippen LogP contribution in [0.15, 0.2) is 53.7 Å². The van der Waals surface area contributed by atoms with Crippen LogP contribution in [0.25, 0.3) is 0 Å². The lowest BCUT2D eigenvalue weighted by atomic mass is 9.71. The van der Waals surface area contributed by atoms with E-state index in [9.17, 15) is 27.8 Å². The minimum absolute atomic E-state index is 0.0219. The topological polar surface area (TPSA) is 158 Å². The summed E-state index contributed by atoms with van der Waals surface area (Å²) in [5.74, 6) is -1.91. The number of aromatic amines is 1. The van der Waals surface area contributed by atoms with Crippen LogP contribution in [-0.2, 0) is 9.84 Å². The molecule has 3 unspecified atom stereocenters. The number of rotatable bonds is 6. The first-order valence-electron chi connectivity index (χ1n) is 11.8. The fourth-order valence-corrected chi connectivity index (χ4v) is 8.16. The van der Waals surface area contributed by atoms with Crippen LogP contribution < -0.4 is 11.1 Å². The quantitative estimate of drug-likeness (QED) is 0.295. The molecule has 2 saturated carbocycles. The number of hydrogen-bond donors (Lipinski definition) is 5. The summed E-state index contributed by atoms with van der Waals surface area (Å²) in [4.78, 5) is 19.5. The van der Waals surface area contributed by atoms with Crippen LogP contribution in [0.1, 0.15) is 48.0 Å². The highest BCUT2D eigenvalue weighted by Crippen LogP contribution is 2.56. The second-order valence-corrected chi connectivity index (χ2v) is 12.3. The zero-order valence-corrected chi connectivity index (χ0v) is 21.1. The summed E-state index contributed by atoms with van der Waals surface area (Å²) in [6.07, 6.45) is 3.18. The van der Waals surface area contributed by atoms with Crippen molar-refractivity contribution in [1.29, 1.82) is 0 Å². The first kappa shape index (κ1) is 25.7. The molecule has 1 amide bonds. The number of carbonyl (C=O) groups is 1. The summed E-state index contributed by atoms with van der Waals surface area (Å²) in [6, 6.07) is 7.68. The Morgan fingerprint density at radius 2 is 1.92 bits per heavy atom. The summed E-state index contributed by atoms with van der Waals surface area (Å²) < 4.78 is 40.9. The highest BCUT2D eigenvalue weighted by Gasteiger charge is 2.59. The Balaban J connectivity index is 1.39. The SMILES string of the molecule is Nc1cc(NC(=O)c2ccc(Cl)c(S(=O)(=O)[C@H]3CC4CCC(C3)[C@]4(O)C(O)c3ncc[nH]3)c2)ccc1F. The molecule has 2 aliphatic rings. The van der Waals surface area contributed by atoms with E-state index in [1.165, 1.54) is 36.5 Å². The van der Waals surface area contributed by atoms with Crippen molar-refractivity contribution in [3.63, 3.8) is 0 Å². The number of imidazole rings is 1. The Hall–Kier alpha value is -2.99. The van der Waals surface area contributed by atoms with Gasteiger partial charge in [0.2, 0.25) is 0 Å². The van der Waals surface area contributed by atoms with Crippen LogP contribution >= 0.6 is 11.6 Å². The van der Waals surface area contributed by atoms with E-state index in [4.69, 9.17) is 17.3 Å². The average Bonchev–Trinajstić information content (AvgIpc) is 3.43. The van der Waals surface area contributed by atoms with Crippen molar-refractivity contribution >= 4 is 38.7 Å². The molecule has 2 fully saturated rings. The maximum Gasteiger partial charge on any atom is 0.255 e. The van der Waals surface area contributed by atoms with Gasteiger partial charge in [-0.15, -0.1) is 0 Å². The molecule has 196 valence electrons. The molecule has 0 saturated heterocycles. The molecule has 12 heteroatoms. The van der Waals surface area contributed by atoms with Gasteiger partial charge in [0.25, 0.3) is 5.91 Å². The van der Waals surface area contributed by atoms with E-state index in [2.05, 4.69) is 15.3 Å². The van der Waals surface area contributed by atoms with Gasteiger partial charge in [-0.1, -0.05) is 11.6 Å². The predicted molar refractivity (Wildman–Crippen MR) is 135 cm³/mol. The fourth-order valence-electron chi connectivity index (χ4n) is 5.76. The number of nitrogens with two attached hydrogens (primary N) is 1. The molecule has 2 bridgehead atoms. The van der Waals surface area contributed by atoms with Crippen molar-refractivity contribution in [3.8, 4) is 0 Å². The van der Waals surface area contributed by atoms with Crippen LogP contribution in [0.5, 0.6) is 0 Å². The Kier molecular flexibility index (Phi) is 6.51. The van der Waals surface area contributed by atoms with Crippen molar-refractivity contribution < 1.29 is 27.8 Å². The summed E-state index contributed by atoms with van der Waals surface area (Å²) in [7, 11) is -3.99. The molecule has 0 spiro atoms. The number of carbonyl (C=O) groups excluding carboxylic acids is 1. The van der Waals surface area contributed by atoms with Crippen molar-refractivity contribution in [3.05, 3.63) is 71.0 Å². The Morgan fingerprint density at radius 3 is 2.54 bits per heavy atom. The first-order valence-corrected chi connectivity index (χ1v) is 13.7. The standard InChI is InChI=1S/C25H26ClFN4O5S/c26-18-5-1-13(24(33)31-16-4-6-19(27)20(28)12-16)9-21(18)37(35,36)17-10-14-2-3-15(11-17)25(14,34)22(32)23-29-7-8-30-23/h1,4-9,12,14-15,17,22,32,34H,2-3,10-11,28H2,(H,29,30)(H,31,33)/t14?,15?,17-,22?,25-. The molecule has 3 atom stereocenters. The third kappa shape index (κ3) is 4.39. The predicted octanol–water partition coefficient (Wildman–Crippen LogP) is 3.46. The van der Waals surface area contributed by atoms with Crippen molar-refractivity contribution in [2.24, 2.45) is 11.8 Å². The molecule has 2 aromatic carbocycles. The lowest BCUT2D eigenvalue weighted by molar-refractivity contribution is -0.147. The van der Waals surface area contributed by atoms with E-state index in [0.717, 1.165) is 6.07 Å². The minimum atomic E-state index is -3.99. The van der Waals surface area contributed by atoms with E-state index in [1.54, 1.807) is 6.20 Å². The van der Waals surface area contributed by atoms with Gasteiger partial charge in [0.15, 0.2) is 9.84 Å².